The van der Waals surface area contributed by atoms with Gasteiger partial charge in [0.05, 0.1) is 12.8 Å². The van der Waals surface area contributed by atoms with Gasteiger partial charge in [0.1, 0.15) is 5.76 Å². The minimum atomic E-state index is 0.566. The van der Waals surface area contributed by atoms with Crippen LogP contribution >= 0.6 is 0 Å². The van der Waals surface area contributed by atoms with Crippen LogP contribution in [0.5, 0.6) is 0 Å². The average Bonchev–Trinajstić information content (AvgIpc) is 2.81. The molecule has 0 bridgehead atoms. The van der Waals surface area contributed by atoms with Gasteiger partial charge in [0.15, 0.2) is 0 Å². The van der Waals surface area contributed by atoms with Gasteiger partial charge in [-0.3, -0.25) is 4.90 Å². The molecule has 1 fully saturated rings. The van der Waals surface area contributed by atoms with E-state index in [4.69, 9.17) is 4.42 Å². The molecule has 2 rings (SSSR count). The van der Waals surface area contributed by atoms with Crippen LogP contribution in [0.4, 0.5) is 0 Å². The van der Waals surface area contributed by atoms with Crippen molar-refractivity contribution < 1.29 is 4.42 Å². The van der Waals surface area contributed by atoms with Crippen LogP contribution < -0.4 is 5.32 Å². The predicted octanol–water partition coefficient (Wildman–Crippen LogP) is 1.78. The van der Waals surface area contributed by atoms with Gasteiger partial charge < -0.3 is 14.6 Å². The molecule has 0 aromatic carbocycles. The smallest absolute Gasteiger partial charge is 0.117 e. The van der Waals surface area contributed by atoms with E-state index in [1.54, 1.807) is 6.26 Å². The molecule has 4 nitrogen and oxygen atoms in total. The van der Waals surface area contributed by atoms with E-state index in [0.717, 1.165) is 18.8 Å². The van der Waals surface area contributed by atoms with Gasteiger partial charge in [-0.15, -0.1) is 0 Å². The van der Waals surface area contributed by atoms with Crippen LogP contribution in [-0.4, -0.2) is 55.1 Å². The molecule has 1 saturated heterocycles. The van der Waals surface area contributed by atoms with E-state index in [1.807, 2.05) is 12.1 Å². The Morgan fingerprint density at radius 1 is 1.47 bits per heavy atom. The van der Waals surface area contributed by atoms with E-state index in [2.05, 4.69) is 36.0 Å². The molecule has 1 aliphatic heterocycles. The van der Waals surface area contributed by atoms with Crippen molar-refractivity contribution in [1.82, 2.24) is 15.1 Å². The number of rotatable bonds is 5. The lowest BCUT2D eigenvalue weighted by molar-refractivity contribution is 0.149. The van der Waals surface area contributed by atoms with Gasteiger partial charge in [0.2, 0.25) is 0 Å². The first-order valence-electron chi connectivity index (χ1n) is 7.34. The molecule has 2 atom stereocenters. The molecule has 1 aliphatic rings. The highest BCUT2D eigenvalue weighted by atomic mass is 16.3. The number of nitrogens with zero attached hydrogens (tertiary/aromatic N) is 2. The van der Waals surface area contributed by atoms with E-state index in [1.165, 1.54) is 26.1 Å². The standard InChI is InChI=1S/C15H27N3O/c1-13(10-16-11-15-6-4-9-19-15)18-8-5-7-17(3)12-14(18)2/h4,6,9,13-14,16H,5,7-8,10-12H2,1-3H3. The lowest BCUT2D eigenvalue weighted by Crippen LogP contribution is -2.47. The van der Waals surface area contributed by atoms with Crippen molar-refractivity contribution in [3.05, 3.63) is 24.2 Å². The van der Waals surface area contributed by atoms with Crippen LogP contribution in [0.3, 0.4) is 0 Å². The molecule has 2 heterocycles. The van der Waals surface area contributed by atoms with Crippen LogP contribution in [0.15, 0.2) is 22.8 Å². The summed E-state index contributed by atoms with van der Waals surface area (Å²) in [6.07, 6.45) is 3.00. The molecule has 108 valence electrons. The van der Waals surface area contributed by atoms with E-state index in [0.29, 0.717) is 12.1 Å². The zero-order valence-electron chi connectivity index (χ0n) is 12.4. The van der Waals surface area contributed by atoms with Gasteiger partial charge in [-0.25, -0.2) is 0 Å². The summed E-state index contributed by atoms with van der Waals surface area (Å²) in [5.41, 5.74) is 0. The summed E-state index contributed by atoms with van der Waals surface area (Å²) in [5, 5.41) is 3.49. The van der Waals surface area contributed by atoms with Crippen molar-refractivity contribution >= 4 is 0 Å². The largest absolute Gasteiger partial charge is 0.468 e. The molecule has 0 radical (unpaired) electrons. The SMILES string of the molecule is CC(CNCc1ccco1)N1CCCN(C)CC1C. The van der Waals surface area contributed by atoms with Crippen LogP contribution in [0, 0.1) is 0 Å². The first kappa shape index (κ1) is 14.6. The van der Waals surface area contributed by atoms with Crippen molar-refractivity contribution in [1.29, 1.82) is 0 Å². The lowest BCUT2D eigenvalue weighted by atomic mass is 10.2. The Hall–Kier alpha value is -0.840. The zero-order chi connectivity index (χ0) is 13.7. The molecule has 1 aromatic rings. The van der Waals surface area contributed by atoms with Crippen molar-refractivity contribution in [3.63, 3.8) is 0 Å². The number of likely N-dealkylation sites (N-methyl/N-ethyl adjacent to an activating group) is 1. The predicted molar refractivity (Wildman–Crippen MR) is 78.2 cm³/mol. The third kappa shape index (κ3) is 4.34. The van der Waals surface area contributed by atoms with Gasteiger partial charge in [0, 0.05) is 31.7 Å². The van der Waals surface area contributed by atoms with E-state index in [9.17, 15) is 0 Å². The van der Waals surface area contributed by atoms with Gasteiger partial charge in [0.25, 0.3) is 0 Å². The highest BCUT2D eigenvalue weighted by Crippen LogP contribution is 2.12. The van der Waals surface area contributed by atoms with Crippen molar-refractivity contribution in [2.75, 3.05) is 33.2 Å². The maximum absolute atomic E-state index is 5.33. The Labute approximate surface area is 116 Å². The van der Waals surface area contributed by atoms with Gasteiger partial charge in [-0.05, 0) is 46.0 Å². The quantitative estimate of drug-likeness (QED) is 0.879. The highest BCUT2D eigenvalue weighted by Gasteiger charge is 2.23. The molecule has 0 spiro atoms. The summed E-state index contributed by atoms with van der Waals surface area (Å²) in [6, 6.07) is 5.15. The summed E-state index contributed by atoms with van der Waals surface area (Å²) < 4.78 is 5.33. The average molecular weight is 265 g/mol. The second kappa shape index (κ2) is 7.08. The molecule has 19 heavy (non-hydrogen) atoms. The molecule has 0 aliphatic carbocycles. The molecule has 1 N–H and O–H groups in total. The first-order chi connectivity index (χ1) is 9.16. The van der Waals surface area contributed by atoms with Crippen molar-refractivity contribution in [3.8, 4) is 0 Å². The molecule has 0 saturated carbocycles. The minimum Gasteiger partial charge on any atom is -0.468 e. The van der Waals surface area contributed by atoms with E-state index < -0.39 is 0 Å². The molecular weight excluding hydrogens is 238 g/mol. The van der Waals surface area contributed by atoms with E-state index >= 15 is 0 Å². The Kier molecular flexibility index (Phi) is 5.43. The van der Waals surface area contributed by atoms with Crippen LogP contribution in [0.2, 0.25) is 0 Å². The fourth-order valence-electron chi connectivity index (χ4n) is 2.98. The fourth-order valence-corrected chi connectivity index (χ4v) is 2.98. The Morgan fingerprint density at radius 3 is 3.05 bits per heavy atom. The summed E-state index contributed by atoms with van der Waals surface area (Å²) in [7, 11) is 2.22. The Bertz CT molecular complexity index is 352. The maximum atomic E-state index is 5.33. The molecule has 2 unspecified atom stereocenters. The third-order valence-electron chi connectivity index (χ3n) is 3.98. The molecule has 4 heteroatoms. The van der Waals surface area contributed by atoms with Crippen LogP contribution in [0.1, 0.15) is 26.0 Å². The zero-order valence-corrected chi connectivity index (χ0v) is 12.4. The van der Waals surface area contributed by atoms with Gasteiger partial charge in [-0.1, -0.05) is 0 Å². The summed E-state index contributed by atoms with van der Waals surface area (Å²) in [5.74, 6) is 1.01. The molecule has 0 amide bonds. The number of hydrogen-bond donors (Lipinski definition) is 1. The summed E-state index contributed by atoms with van der Waals surface area (Å²) in [4.78, 5) is 5.06. The van der Waals surface area contributed by atoms with Crippen LogP contribution in [-0.2, 0) is 6.54 Å². The third-order valence-corrected chi connectivity index (χ3v) is 3.98. The first-order valence-corrected chi connectivity index (χ1v) is 7.34. The minimum absolute atomic E-state index is 0.566. The topological polar surface area (TPSA) is 31.7 Å². The summed E-state index contributed by atoms with van der Waals surface area (Å²) in [6.45, 7) is 10.1. The highest BCUT2D eigenvalue weighted by molar-refractivity contribution is 4.97. The van der Waals surface area contributed by atoms with Gasteiger partial charge >= 0.3 is 0 Å². The second-order valence-corrected chi connectivity index (χ2v) is 5.76. The second-order valence-electron chi connectivity index (χ2n) is 5.76. The number of nitrogens with one attached hydrogen (secondary N) is 1. The fraction of sp³-hybridized carbons (Fsp3) is 0.733. The summed E-state index contributed by atoms with van der Waals surface area (Å²) >= 11 is 0. The molecule has 1 aromatic heterocycles. The normalized spacial score (nSPS) is 24.3. The molecular formula is C15H27N3O. The van der Waals surface area contributed by atoms with Crippen molar-refractivity contribution in [2.24, 2.45) is 0 Å². The maximum Gasteiger partial charge on any atom is 0.117 e. The van der Waals surface area contributed by atoms with Crippen molar-refractivity contribution in [2.45, 2.75) is 38.9 Å². The number of furan rings is 1. The van der Waals surface area contributed by atoms with Gasteiger partial charge in [-0.2, -0.15) is 0 Å². The Morgan fingerprint density at radius 2 is 2.32 bits per heavy atom. The number of hydrogen-bond acceptors (Lipinski definition) is 4. The monoisotopic (exact) mass is 265 g/mol. The van der Waals surface area contributed by atoms with Crippen LogP contribution in [0.25, 0.3) is 0 Å². The van der Waals surface area contributed by atoms with E-state index in [-0.39, 0.29) is 0 Å². The Balaban J connectivity index is 1.76. The lowest BCUT2D eigenvalue weighted by Gasteiger charge is -2.33.